The Morgan fingerprint density at radius 1 is 1.07 bits per heavy atom. The summed E-state index contributed by atoms with van der Waals surface area (Å²) in [6.45, 7) is 4.23. The largest absolute Gasteiger partial charge is 0.454 e. The van der Waals surface area contributed by atoms with Gasteiger partial charge in [0, 0.05) is 11.8 Å². The van der Waals surface area contributed by atoms with Crippen LogP contribution in [0.25, 0.3) is 5.57 Å². The first-order chi connectivity index (χ1) is 14.4. The van der Waals surface area contributed by atoms with Crippen molar-refractivity contribution in [3.8, 4) is 11.5 Å². The molecule has 0 atom stereocenters. The van der Waals surface area contributed by atoms with E-state index in [-0.39, 0.29) is 37.3 Å². The van der Waals surface area contributed by atoms with Crippen molar-refractivity contribution in [3.05, 3.63) is 59.5 Å². The minimum Gasteiger partial charge on any atom is -0.454 e. The summed E-state index contributed by atoms with van der Waals surface area (Å²) in [6, 6.07) is 10.6. The zero-order chi connectivity index (χ0) is 21.3. The van der Waals surface area contributed by atoms with Crippen molar-refractivity contribution in [2.75, 3.05) is 25.3 Å². The lowest BCUT2D eigenvalue weighted by Crippen LogP contribution is -2.35. The standard InChI is InChI=1S/C22H21FN2O5/c1-13(2)28-10-9-25-21(26)19(14-3-5-15(23)6-4-14)20(22(25)27)24-16-7-8-17-18(11-16)30-12-29-17/h3-8,11,13,24H,9-10,12H2,1-2H3. The van der Waals surface area contributed by atoms with Crippen LogP contribution in [0.3, 0.4) is 0 Å². The van der Waals surface area contributed by atoms with Crippen molar-refractivity contribution in [2.45, 2.75) is 20.0 Å². The zero-order valence-electron chi connectivity index (χ0n) is 16.6. The second-order valence-electron chi connectivity index (χ2n) is 7.13. The van der Waals surface area contributed by atoms with Gasteiger partial charge >= 0.3 is 0 Å². The summed E-state index contributed by atoms with van der Waals surface area (Å²) in [4.78, 5) is 27.3. The van der Waals surface area contributed by atoms with Crippen molar-refractivity contribution in [3.63, 3.8) is 0 Å². The van der Waals surface area contributed by atoms with E-state index in [4.69, 9.17) is 14.2 Å². The first kappa shape index (κ1) is 19.9. The van der Waals surface area contributed by atoms with Crippen molar-refractivity contribution >= 4 is 23.1 Å². The highest BCUT2D eigenvalue weighted by molar-refractivity contribution is 6.36. The number of anilines is 1. The number of rotatable bonds is 7. The number of fused-ring (bicyclic) bond motifs is 1. The predicted molar refractivity (Wildman–Crippen MR) is 107 cm³/mol. The maximum absolute atomic E-state index is 13.4. The molecule has 0 aromatic heterocycles. The maximum atomic E-state index is 13.4. The topological polar surface area (TPSA) is 77.1 Å². The fourth-order valence-corrected chi connectivity index (χ4v) is 3.28. The number of halogens is 1. The van der Waals surface area contributed by atoms with Gasteiger partial charge in [0.1, 0.15) is 11.5 Å². The first-order valence-corrected chi connectivity index (χ1v) is 9.58. The highest BCUT2D eigenvalue weighted by atomic mass is 19.1. The van der Waals surface area contributed by atoms with Crippen LogP contribution >= 0.6 is 0 Å². The summed E-state index contributed by atoms with van der Waals surface area (Å²) < 4.78 is 29.6. The molecule has 2 aliphatic rings. The lowest BCUT2D eigenvalue weighted by Gasteiger charge is -2.16. The summed E-state index contributed by atoms with van der Waals surface area (Å²) in [5.74, 6) is -0.201. The highest BCUT2D eigenvalue weighted by Gasteiger charge is 2.39. The summed E-state index contributed by atoms with van der Waals surface area (Å²) in [5, 5.41) is 3.04. The average Bonchev–Trinajstić information content (AvgIpc) is 3.27. The Balaban J connectivity index is 1.67. The van der Waals surface area contributed by atoms with Crippen LogP contribution in [-0.2, 0) is 14.3 Å². The van der Waals surface area contributed by atoms with Gasteiger partial charge < -0.3 is 19.5 Å². The van der Waals surface area contributed by atoms with E-state index < -0.39 is 17.6 Å². The predicted octanol–water partition coefficient (Wildman–Crippen LogP) is 3.17. The molecule has 2 aliphatic heterocycles. The van der Waals surface area contributed by atoms with Gasteiger partial charge in [-0.1, -0.05) is 12.1 Å². The Morgan fingerprint density at radius 2 is 1.80 bits per heavy atom. The van der Waals surface area contributed by atoms with Gasteiger partial charge in [0.25, 0.3) is 11.8 Å². The third kappa shape index (κ3) is 3.86. The number of imide groups is 1. The van der Waals surface area contributed by atoms with Crippen LogP contribution < -0.4 is 14.8 Å². The molecule has 0 aliphatic carbocycles. The molecule has 0 fully saturated rings. The molecule has 30 heavy (non-hydrogen) atoms. The molecule has 2 aromatic rings. The minimum atomic E-state index is -0.468. The van der Waals surface area contributed by atoms with E-state index in [1.54, 1.807) is 18.2 Å². The monoisotopic (exact) mass is 412 g/mol. The molecule has 0 saturated heterocycles. The molecule has 0 unspecified atom stereocenters. The van der Waals surface area contributed by atoms with E-state index in [2.05, 4.69) is 5.32 Å². The molecule has 0 spiro atoms. The molecular formula is C22H21FN2O5. The highest BCUT2D eigenvalue weighted by Crippen LogP contribution is 2.36. The molecule has 2 aromatic carbocycles. The van der Waals surface area contributed by atoms with E-state index in [1.165, 1.54) is 24.3 Å². The Labute approximate surface area is 173 Å². The van der Waals surface area contributed by atoms with Crippen LogP contribution in [0.4, 0.5) is 10.1 Å². The molecule has 0 saturated carbocycles. The fourth-order valence-electron chi connectivity index (χ4n) is 3.28. The van der Waals surface area contributed by atoms with Gasteiger partial charge in [-0.05, 0) is 43.7 Å². The Hall–Kier alpha value is -3.39. The minimum absolute atomic E-state index is 0.0198. The molecule has 2 amide bonds. The van der Waals surface area contributed by atoms with Crippen LogP contribution in [0, 0.1) is 5.82 Å². The third-order valence-corrected chi connectivity index (χ3v) is 4.71. The summed E-state index contributed by atoms with van der Waals surface area (Å²) in [6.07, 6.45) is -0.0198. The van der Waals surface area contributed by atoms with Gasteiger partial charge in [-0.3, -0.25) is 14.5 Å². The van der Waals surface area contributed by atoms with Crippen LogP contribution in [0.5, 0.6) is 11.5 Å². The van der Waals surface area contributed by atoms with E-state index in [0.29, 0.717) is 22.7 Å². The second-order valence-corrected chi connectivity index (χ2v) is 7.13. The van der Waals surface area contributed by atoms with E-state index >= 15 is 0 Å². The molecule has 0 radical (unpaired) electrons. The van der Waals surface area contributed by atoms with Crippen molar-refractivity contribution in [1.29, 1.82) is 0 Å². The Kier molecular flexibility index (Phi) is 5.41. The summed E-state index contributed by atoms with van der Waals surface area (Å²) in [5.41, 5.74) is 1.32. The molecular weight excluding hydrogens is 391 g/mol. The summed E-state index contributed by atoms with van der Waals surface area (Å²) >= 11 is 0. The van der Waals surface area contributed by atoms with Crippen molar-refractivity contribution < 1.29 is 28.2 Å². The molecule has 8 heteroatoms. The summed E-state index contributed by atoms with van der Waals surface area (Å²) in [7, 11) is 0. The molecule has 7 nitrogen and oxygen atoms in total. The number of carbonyl (C=O) groups is 2. The number of carbonyl (C=O) groups excluding carboxylic acids is 2. The van der Waals surface area contributed by atoms with Gasteiger partial charge in [-0.15, -0.1) is 0 Å². The Morgan fingerprint density at radius 3 is 2.53 bits per heavy atom. The van der Waals surface area contributed by atoms with Crippen molar-refractivity contribution in [1.82, 2.24) is 4.90 Å². The number of benzene rings is 2. The molecule has 2 heterocycles. The van der Waals surface area contributed by atoms with Gasteiger partial charge in [-0.2, -0.15) is 0 Å². The van der Waals surface area contributed by atoms with E-state index in [0.717, 1.165) is 4.90 Å². The number of hydrogen-bond acceptors (Lipinski definition) is 6. The number of amides is 2. The van der Waals surface area contributed by atoms with E-state index in [9.17, 15) is 14.0 Å². The average molecular weight is 412 g/mol. The quantitative estimate of drug-likeness (QED) is 0.704. The van der Waals surface area contributed by atoms with Gasteiger partial charge in [0.15, 0.2) is 11.5 Å². The molecule has 0 bridgehead atoms. The SMILES string of the molecule is CC(C)OCCN1C(=O)C(Nc2ccc3c(c2)OCO3)=C(c2ccc(F)cc2)C1=O. The van der Waals surface area contributed by atoms with Gasteiger partial charge in [-0.25, -0.2) is 4.39 Å². The lowest BCUT2D eigenvalue weighted by molar-refractivity contribution is -0.137. The smallest absolute Gasteiger partial charge is 0.278 e. The number of hydrogen-bond donors (Lipinski definition) is 1. The van der Waals surface area contributed by atoms with E-state index in [1.807, 2.05) is 13.8 Å². The van der Waals surface area contributed by atoms with Gasteiger partial charge in [0.2, 0.25) is 6.79 Å². The number of nitrogens with zero attached hydrogens (tertiary/aromatic N) is 1. The van der Waals surface area contributed by atoms with Gasteiger partial charge in [0.05, 0.1) is 24.8 Å². The van der Waals surface area contributed by atoms with Crippen LogP contribution in [-0.4, -0.2) is 42.8 Å². The fraction of sp³-hybridized carbons (Fsp3) is 0.273. The second kappa shape index (κ2) is 8.16. The number of nitrogens with one attached hydrogen (secondary N) is 1. The first-order valence-electron chi connectivity index (χ1n) is 9.58. The molecule has 1 N–H and O–H groups in total. The zero-order valence-corrected chi connectivity index (χ0v) is 16.6. The van der Waals surface area contributed by atoms with Crippen LogP contribution in [0.2, 0.25) is 0 Å². The number of ether oxygens (including phenoxy) is 3. The Bertz CT molecular complexity index is 1020. The molecule has 4 rings (SSSR count). The van der Waals surface area contributed by atoms with Crippen LogP contribution in [0.15, 0.2) is 48.2 Å². The lowest BCUT2D eigenvalue weighted by atomic mass is 10.0. The third-order valence-electron chi connectivity index (χ3n) is 4.71. The maximum Gasteiger partial charge on any atom is 0.278 e. The molecule has 156 valence electrons. The van der Waals surface area contributed by atoms with Crippen molar-refractivity contribution in [2.24, 2.45) is 0 Å². The normalized spacial score (nSPS) is 15.5. The van der Waals surface area contributed by atoms with Crippen LogP contribution in [0.1, 0.15) is 19.4 Å².